The van der Waals surface area contributed by atoms with Crippen LogP contribution in [0.5, 0.6) is 0 Å². The van der Waals surface area contributed by atoms with Crippen LogP contribution in [0, 0.1) is 5.41 Å². The Morgan fingerprint density at radius 2 is 0.847 bits per heavy atom. The van der Waals surface area contributed by atoms with Crippen molar-refractivity contribution < 1.29 is 0 Å². The lowest BCUT2D eigenvalue weighted by molar-refractivity contribution is 1.07. The highest BCUT2D eigenvalue weighted by Crippen LogP contribution is 2.39. The number of nitrogens with one attached hydrogen (secondary N) is 2. The van der Waals surface area contributed by atoms with Crippen LogP contribution in [-0.4, -0.2) is 31.4 Å². The molecule has 2 aromatic heterocycles. The van der Waals surface area contributed by atoms with Crippen LogP contribution in [0.4, 0.5) is 5.69 Å². The number of hydrazone groups is 1. The van der Waals surface area contributed by atoms with E-state index in [2.05, 4.69) is 66.1 Å². The van der Waals surface area contributed by atoms with Gasteiger partial charge in [0.15, 0.2) is 17.5 Å². The first-order valence-electron chi connectivity index (χ1n) is 19.4. The third kappa shape index (κ3) is 6.98. The van der Waals surface area contributed by atoms with Gasteiger partial charge >= 0.3 is 0 Å². The van der Waals surface area contributed by atoms with Crippen LogP contribution >= 0.6 is 0 Å². The van der Waals surface area contributed by atoms with Gasteiger partial charge in [0.05, 0.1) is 22.6 Å². The van der Waals surface area contributed by atoms with Crippen LogP contribution in [0.1, 0.15) is 16.7 Å². The fourth-order valence-corrected chi connectivity index (χ4v) is 7.47. The number of para-hydroxylation sites is 2. The molecule has 7 heteroatoms. The van der Waals surface area contributed by atoms with Crippen molar-refractivity contribution in [3.8, 4) is 56.5 Å². The molecule has 278 valence electrons. The Morgan fingerprint density at radius 3 is 1.41 bits per heavy atom. The normalized spacial score (nSPS) is 12.9. The molecule has 0 spiro atoms. The molecular formula is C52H35N7. The Kier molecular flexibility index (Phi) is 9.21. The summed E-state index contributed by atoms with van der Waals surface area (Å²) < 4.78 is 0. The number of fused-ring (bicyclic) bond motifs is 3. The molecule has 9 aromatic rings. The van der Waals surface area contributed by atoms with Gasteiger partial charge in [-0.3, -0.25) is 10.8 Å². The molecule has 59 heavy (non-hydrogen) atoms. The van der Waals surface area contributed by atoms with Crippen molar-refractivity contribution in [3.05, 3.63) is 211 Å². The van der Waals surface area contributed by atoms with Gasteiger partial charge in [-0.05, 0) is 41.0 Å². The first-order valence-corrected chi connectivity index (χ1v) is 19.4. The molecule has 0 unspecified atom stereocenters. The SMILES string of the molecule is N=C1C(c2ccccc2)=Cc2c(-c3ccc(-c4ccc(-c5nc(-c6ccccc6)nc(-c6ccccc6)n5)cc4)cc3)nc3ccccc3c2/C1=N/Nc1ccccc1. The Hall–Kier alpha value is -8.16. The highest BCUT2D eigenvalue weighted by molar-refractivity contribution is 6.65. The largest absolute Gasteiger partial charge is 0.298 e. The highest BCUT2D eigenvalue weighted by atomic mass is 15.3. The van der Waals surface area contributed by atoms with E-state index in [0.29, 0.717) is 28.9 Å². The summed E-state index contributed by atoms with van der Waals surface area (Å²) in [5.74, 6) is 1.88. The monoisotopic (exact) mass is 757 g/mol. The van der Waals surface area contributed by atoms with Crippen molar-refractivity contribution in [2.45, 2.75) is 0 Å². The van der Waals surface area contributed by atoms with Gasteiger partial charge in [-0.25, -0.2) is 19.9 Å². The van der Waals surface area contributed by atoms with Crippen molar-refractivity contribution in [1.82, 2.24) is 19.9 Å². The van der Waals surface area contributed by atoms with Crippen LogP contribution in [0.25, 0.3) is 79.1 Å². The molecule has 2 N–H and O–H groups in total. The van der Waals surface area contributed by atoms with Crippen LogP contribution in [0.2, 0.25) is 0 Å². The molecule has 7 aromatic carbocycles. The molecule has 0 radical (unpaired) electrons. The molecule has 7 nitrogen and oxygen atoms in total. The van der Waals surface area contributed by atoms with Crippen molar-refractivity contribution >= 4 is 39.7 Å². The van der Waals surface area contributed by atoms with Crippen molar-refractivity contribution in [2.75, 3.05) is 5.43 Å². The zero-order valence-corrected chi connectivity index (χ0v) is 31.8. The summed E-state index contributed by atoms with van der Waals surface area (Å²) in [5, 5.41) is 15.4. The Bertz CT molecular complexity index is 2980. The van der Waals surface area contributed by atoms with Gasteiger partial charge < -0.3 is 0 Å². The number of anilines is 1. The topological polar surface area (TPSA) is 99.8 Å². The van der Waals surface area contributed by atoms with Gasteiger partial charge in [0.1, 0.15) is 5.71 Å². The van der Waals surface area contributed by atoms with Gasteiger partial charge in [-0.15, -0.1) is 0 Å². The van der Waals surface area contributed by atoms with Crippen LogP contribution in [0.15, 0.2) is 199 Å². The summed E-state index contributed by atoms with van der Waals surface area (Å²) in [7, 11) is 0. The number of allylic oxidation sites excluding steroid dienone is 1. The first-order chi connectivity index (χ1) is 29.2. The predicted molar refractivity (Wildman–Crippen MR) is 241 cm³/mol. The molecule has 10 rings (SSSR count). The smallest absolute Gasteiger partial charge is 0.164 e. The molecule has 2 heterocycles. The minimum Gasteiger partial charge on any atom is -0.298 e. The molecule has 0 amide bonds. The van der Waals surface area contributed by atoms with Gasteiger partial charge in [-0.2, -0.15) is 5.10 Å². The van der Waals surface area contributed by atoms with Crippen LogP contribution in [0.3, 0.4) is 0 Å². The molecule has 0 bridgehead atoms. The lowest BCUT2D eigenvalue weighted by atomic mass is 9.82. The predicted octanol–water partition coefficient (Wildman–Crippen LogP) is 12.1. The van der Waals surface area contributed by atoms with E-state index < -0.39 is 0 Å². The molecule has 0 atom stereocenters. The van der Waals surface area contributed by atoms with Crippen molar-refractivity contribution in [2.24, 2.45) is 5.10 Å². The molecule has 0 saturated carbocycles. The first kappa shape index (κ1) is 35.3. The molecule has 0 fully saturated rings. The summed E-state index contributed by atoms with van der Waals surface area (Å²) in [5.41, 5.74) is 16.0. The second-order valence-electron chi connectivity index (χ2n) is 14.2. The van der Waals surface area contributed by atoms with E-state index in [1.165, 1.54) is 0 Å². The number of benzene rings is 7. The van der Waals surface area contributed by atoms with E-state index >= 15 is 0 Å². The third-order valence-corrected chi connectivity index (χ3v) is 10.5. The Balaban J connectivity index is 1.03. The Morgan fingerprint density at radius 1 is 0.407 bits per heavy atom. The van der Waals surface area contributed by atoms with Crippen molar-refractivity contribution in [1.29, 1.82) is 5.41 Å². The van der Waals surface area contributed by atoms with E-state index in [9.17, 15) is 5.41 Å². The average molecular weight is 758 g/mol. The van der Waals surface area contributed by atoms with Crippen LogP contribution in [-0.2, 0) is 0 Å². The molecule has 0 saturated heterocycles. The number of hydrogen-bond acceptors (Lipinski definition) is 7. The number of nitrogens with zero attached hydrogens (tertiary/aromatic N) is 5. The average Bonchev–Trinajstić information content (AvgIpc) is 3.32. The summed E-state index contributed by atoms with van der Waals surface area (Å²) in [4.78, 5) is 19.9. The number of aromatic nitrogens is 4. The number of rotatable bonds is 8. The third-order valence-electron chi connectivity index (χ3n) is 10.5. The molecule has 1 aliphatic carbocycles. The molecule has 0 aliphatic heterocycles. The number of hydrogen-bond donors (Lipinski definition) is 2. The lowest BCUT2D eigenvalue weighted by Crippen LogP contribution is -2.24. The van der Waals surface area contributed by atoms with Gasteiger partial charge in [-0.1, -0.05) is 176 Å². The quantitative estimate of drug-likeness (QED) is 0.150. The minimum absolute atomic E-state index is 0.345. The van der Waals surface area contributed by atoms with Gasteiger partial charge in [0.25, 0.3) is 0 Å². The molecular weight excluding hydrogens is 723 g/mol. The molecule has 1 aliphatic rings. The van der Waals surface area contributed by atoms with E-state index in [1.807, 2.05) is 140 Å². The van der Waals surface area contributed by atoms with Gasteiger partial charge in [0, 0.05) is 44.3 Å². The van der Waals surface area contributed by atoms with Crippen LogP contribution < -0.4 is 5.43 Å². The summed E-state index contributed by atoms with van der Waals surface area (Å²) >= 11 is 0. The minimum atomic E-state index is 0.345. The summed E-state index contributed by atoms with van der Waals surface area (Å²) in [6.45, 7) is 0. The second-order valence-corrected chi connectivity index (χ2v) is 14.2. The summed E-state index contributed by atoms with van der Waals surface area (Å²) in [6.07, 6.45) is 2.10. The highest BCUT2D eigenvalue weighted by Gasteiger charge is 2.29. The van der Waals surface area contributed by atoms with E-state index in [0.717, 1.165) is 77.9 Å². The Labute approximate surface area is 341 Å². The fourth-order valence-electron chi connectivity index (χ4n) is 7.47. The van der Waals surface area contributed by atoms with Gasteiger partial charge in [0.2, 0.25) is 0 Å². The zero-order chi connectivity index (χ0) is 39.5. The summed E-state index contributed by atoms with van der Waals surface area (Å²) in [6, 6.07) is 64.9. The maximum absolute atomic E-state index is 9.51. The van der Waals surface area contributed by atoms with E-state index in [1.54, 1.807) is 0 Å². The number of pyridine rings is 1. The maximum atomic E-state index is 9.51. The second kappa shape index (κ2) is 15.4. The lowest BCUT2D eigenvalue weighted by Gasteiger charge is -2.24. The fraction of sp³-hybridized carbons (Fsp3) is 0. The zero-order valence-electron chi connectivity index (χ0n) is 31.8. The van der Waals surface area contributed by atoms with E-state index in [4.69, 9.17) is 25.0 Å². The standard InChI is InChI=1S/C52H35N7/c53-47-43(36-15-5-1-6-16-36)33-44-46(49(47)59-58-41-21-11-4-12-22-41)42-23-13-14-24-45(42)54-48(44)37-29-25-34(26-30-37)35-27-31-40(32-28-35)52-56-50(38-17-7-2-8-18-38)55-51(57-52)39-19-9-3-10-20-39/h1-33,53,58H/b53-47?,59-49-. The maximum Gasteiger partial charge on any atom is 0.164 e. The van der Waals surface area contributed by atoms with Crippen molar-refractivity contribution in [3.63, 3.8) is 0 Å². The van der Waals surface area contributed by atoms with E-state index in [-0.39, 0.29) is 0 Å².